The van der Waals surface area contributed by atoms with E-state index in [4.69, 9.17) is 0 Å². The Balaban J connectivity index is 1.59. The number of piperazine rings is 1. The Hall–Kier alpha value is -2.71. The summed E-state index contributed by atoms with van der Waals surface area (Å²) in [5, 5.41) is 13.2. The van der Waals surface area contributed by atoms with Crippen molar-refractivity contribution in [2.45, 2.75) is 16.7 Å². The van der Waals surface area contributed by atoms with E-state index in [1.165, 1.54) is 12.1 Å². The smallest absolute Gasteiger partial charge is 0.261 e. The fourth-order valence-corrected chi connectivity index (χ4v) is 5.74. The number of H-pyrrole nitrogens is 1. The van der Waals surface area contributed by atoms with E-state index in [-0.39, 0.29) is 4.90 Å². The van der Waals surface area contributed by atoms with Crippen molar-refractivity contribution >= 4 is 37.6 Å². The van der Waals surface area contributed by atoms with Gasteiger partial charge in [0.05, 0.1) is 26.6 Å². The first kappa shape index (κ1) is 20.6. The Morgan fingerprint density at radius 2 is 1.83 bits per heavy atom. The normalized spacial score (nSPS) is 16.3. The number of nitrogens with one attached hydrogen (secondary N) is 3. The molecule has 8 nitrogen and oxygen atoms in total. The number of anilines is 1. The van der Waals surface area contributed by atoms with Crippen molar-refractivity contribution < 1.29 is 12.6 Å². The summed E-state index contributed by atoms with van der Waals surface area (Å²) in [7, 11) is -5.18. The Labute approximate surface area is 177 Å². The van der Waals surface area contributed by atoms with Crippen molar-refractivity contribution in [1.82, 2.24) is 14.6 Å². The number of aromatic nitrogens is 1. The zero-order chi connectivity index (χ0) is 21.3. The van der Waals surface area contributed by atoms with Gasteiger partial charge in [-0.3, -0.25) is 4.72 Å². The number of nitrogens with zero attached hydrogens (tertiary/aromatic N) is 2. The molecule has 1 saturated heterocycles. The number of hydrogen-bond acceptors (Lipinski definition) is 5. The minimum Gasteiger partial charge on any atom is -0.358 e. The summed E-state index contributed by atoms with van der Waals surface area (Å²) in [5.74, 6) is 0. The molecule has 3 aromatic rings. The highest BCUT2D eigenvalue weighted by Gasteiger charge is 2.21. The first-order valence-corrected chi connectivity index (χ1v) is 12.0. The van der Waals surface area contributed by atoms with Crippen LogP contribution in [-0.2, 0) is 21.0 Å². The van der Waals surface area contributed by atoms with Crippen LogP contribution in [0.4, 0.5) is 5.69 Å². The molecule has 1 aromatic heterocycles. The van der Waals surface area contributed by atoms with Crippen LogP contribution in [-0.4, -0.2) is 48.1 Å². The monoisotopic (exact) mass is 443 g/mol. The van der Waals surface area contributed by atoms with Crippen LogP contribution >= 0.6 is 0 Å². The van der Waals surface area contributed by atoms with E-state index >= 15 is 0 Å². The lowest BCUT2D eigenvalue weighted by molar-refractivity contribution is 0.380. The second-order valence-corrected chi connectivity index (χ2v) is 10.2. The molecule has 4 rings (SSSR count). The van der Waals surface area contributed by atoms with Gasteiger partial charge in [0.2, 0.25) is 0 Å². The number of nitriles is 1. The van der Waals surface area contributed by atoms with Gasteiger partial charge in [-0.25, -0.2) is 16.9 Å². The van der Waals surface area contributed by atoms with Gasteiger partial charge in [-0.15, -0.1) is 0 Å². The number of fused-ring (bicyclic) bond motifs is 1. The van der Waals surface area contributed by atoms with E-state index in [2.05, 4.69) is 21.1 Å². The number of aromatic amines is 1. The summed E-state index contributed by atoms with van der Waals surface area (Å²) in [6.45, 7) is 4.78. The van der Waals surface area contributed by atoms with Crippen molar-refractivity contribution in [3.63, 3.8) is 0 Å². The van der Waals surface area contributed by atoms with Crippen molar-refractivity contribution in [2.24, 2.45) is 0 Å². The van der Waals surface area contributed by atoms with E-state index in [9.17, 15) is 17.9 Å². The molecule has 1 fully saturated rings. The Kier molecular flexibility index (Phi) is 5.62. The lowest BCUT2D eigenvalue weighted by Gasteiger charge is -2.25. The molecule has 156 valence electrons. The largest absolute Gasteiger partial charge is 0.358 e. The highest BCUT2D eigenvalue weighted by atomic mass is 32.2. The van der Waals surface area contributed by atoms with Crippen molar-refractivity contribution in [3.05, 3.63) is 53.7 Å². The zero-order valence-corrected chi connectivity index (χ0v) is 17.9. The molecular formula is C20H21N5O3S2. The summed E-state index contributed by atoms with van der Waals surface area (Å²) in [6.07, 6.45) is 1.57. The first-order chi connectivity index (χ1) is 14.4. The van der Waals surface area contributed by atoms with Gasteiger partial charge in [-0.1, -0.05) is 6.07 Å². The molecule has 30 heavy (non-hydrogen) atoms. The van der Waals surface area contributed by atoms with Gasteiger partial charge in [0.25, 0.3) is 10.0 Å². The van der Waals surface area contributed by atoms with Gasteiger partial charge in [0, 0.05) is 37.8 Å². The molecular weight excluding hydrogens is 422 g/mol. The molecule has 1 aliphatic rings. The number of aryl methyl sites for hydroxylation is 1. The molecule has 3 N–H and O–H groups in total. The van der Waals surface area contributed by atoms with Crippen LogP contribution in [0, 0.1) is 18.3 Å². The number of sulfonamides is 1. The maximum Gasteiger partial charge on any atom is 0.261 e. The fraction of sp³-hybridized carbons (Fsp3) is 0.250. The summed E-state index contributed by atoms with van der Waals surface area (Å²) in [6, 6.07) is 11.6. The van der Waals surface area contributed by atoms with E-state index in [1.807, 2.05) is 11.2 Å². The topological polar surface area (TPSA) is 118 Å². The van der Waals surface area contributed by atoms with Crippen LogP contribution in [0.1, 0.15) is 11.1 Å². The van der Waals surface area contributed by atoms with Crippen LogP contribution < -0.4 is 10.0 Å². The van der Waals surface area contributed by atoms with E-state index < -0.39 is 21.0 Å². The van der Waals surface area contributed by atoms with Gasteiger partial charge in [-0.05, 0) is 42.8 Å². The quantitative estimate of drug-likeness (QED) is 0.558. The van der Waals surface area contributed by atoms with Gasteiger partial charge >= 0.3 is 0 Å². The molecule has 0 spiro atoms. The van der Waals surface area contributed by atoms with Gasteiger partial charge in [-0.2, -0.15) is 5.26 Å². The van der Waals surface area contributed by atoms with E-state index in [1.54, 1.807) is 30.5 Å². The first-order valence-electron chi connectivity index (χ1n) is 9.42. The van der Waals surface area contributed by atoms with E-state index in [0.29, 0.717) is 40.1 Å². The number of hydrogen-bond donors (Lipinski definition) is 3. The van der Waals surface area contributed by atoms with E-state index in [0.717, 1.165) is 18.7 Å². The molecule has 2 aromatic carbocycles. The Morgan fingerprint density at radius 3 is 2.50 bits per heavy atom. The lowest BCUT2D eigenvalue weighted by atomic mass is 10.1. The standard InChI is InChI=1S/C20H21N5O3S2/c1-14-2-7-18(20-19(14)15(12-21)13-23-20)24-30(27,28)17-5-3-16(4-6-17)29(26)25-10-8-22-9-11-25/h2-7,13,22-24H,8-11H2,1H3. The summed E-state index contributed by atoms with van der Waals surface area (Å²) in [4.78, 5) is 3.62. The third kappa shape index (κ3) is 3.85. The van der Waals surface area contributed by atoms with Crippen LogP contribution in [0.2, 0.25) is 0 Å². The average Bonchev–Trinajstić information content (AvgIpc) is 3.21. The van der Waals surface area contributed by atoms with Crippen molar-refractivity contribution in [1.29, 1.82) is 5.26 Å². The summed E-state index contributed by atoms with van der Waals surface area (Å²) >= 11 is 0. The highest BCUT2D eigenvalue weighted by molar-refractivity contribution is 7.92. The predicted octanol–water partition coefficient (Wildman–Crippen LogP) is 2.08. The number of rotatable bonds is 5. The summed E-state index contributed by atoms with van der Waals surface area (Å²) in [5.41, 5.74) is 2.27. The fourth-order valence-electron chi connectivity index (χ4n) is 3.49. The van der Waals surface area contributed by atoms with Crippen molar-refractivity contribution in [3.8, 4) is 6.07 Å². The molecule has 2 heterocycles. The summed E-state index contributed by atoms with van der Waals surface area (Å²) < 4.78 is 42.9. The second-order valence-electron chi connectivity index (χ2n) is 7.00. The third-order valence-corrected chi connectivity index (χ3v) is 7.95. The molecule has 0 amide bonds. The Bertz CT molecular complexity index is 1250. The number of benzene rings is 2. The van der Waals surface area contributed by atoms with Gasteiger partial charge in [0.1, 0.15) is 17.1 Å². The molecule has 10 heteroatoms. The molecule has 1 unspecified atom stereocenters. The lowest BCUT2D eigenvalue weighted by Crippen LogP contribution is -2.44. The average molecular weight is 444 g/mol. The molecule has 0 saturated carbocycles. The van der Waals surface area contributed by atoms with Crippen molar-refractivity contribution in [2.75, 3.05) is 30.9 Å². The molecule has 1 atom stereocenters. The molecule has 0 aliphatic carbocycles. The second kappa shape index (κ2) is 8.20. The van der Waals surface area contributed by atoms with Gasteiger partial charge in [0.15, 0.2) is 0 Å². The minimum atomic E-state index is -3.86. The zero-order valence-electron chi connectivity index (χ0n) is 16.3. The maximum atomic E-state index is 12.9. The van der Waals surface area contributed by atoms with Crippen LogP contribution in [0.25, 0.3) is 10.9 Å². The Morgan fingerprint density at radius 1 is 1.13 bits per heavy atom. The maximum absolute atomic E-state index is 12.9. The SMILES string of the molecule is Cc1ccc(NS(=O)(=O)c2ccc(S(=O)N3CCNCC3)cc2)c2[nH]cc(C#N)c12. The van der Waals surface area contributed by atoms with Gasteiger partial charge < -0.3 is 10.3 Å². The molecule has 0 radical (unpaired) electrons. The third-order valence-electron chi connectivity index (χ3n) is 5.05. The minimum absolute atomic E-state index is 0.0735. The van der Waals surface area contributed by atoms with Crippen LogP contribution in [0.15, 0.2) is 52.4 Å². The molecule has 1 aliphatic heterocycles. The van der Waals surface area contributed by atoms with Crippen LogP contribution in [0.3, 0.4) is 0 Å². The molecule has 0 bridgehead atoms. The highest BCUT2D eigenvalue weighted by Crippen LogP contribution is 2.30. The predicted molar refractivity (Wildman–Crippen MR) is 116 cm³/mol. The van der Waals surface area contributed by atoms with Crippen LogP contribution in [0.5, 0.6) is 0 Å².